The highest BCUT2D eigenvalue weighted by atomic mass is 16.9. The Morgan fingerprint density at radius 1 is 0.933 bits per heavy atom. The quantitative estimate of drug-likeness (QED) is 0.695. The Morgan fingerprint density at radius 3 is 1.93 bits per heavy atom. The summed E-state index contributed by atoms with van der Waals surface area (Å²) in [5, 5.41) is 0. The lowest BCUT2D eigenvalue weighted by Gasteiger charge is -2.24. The van der Waals surface area contributed by atoms with Gasteiger partial charge < -0.3 is 14.2 Å². The van der Waals surface area contributed by atoms with Crippen LogP contribution in [-0.2, 0) is 14.2 Å². The third-order valence-electron chi connectivity index (χ3n) is 2.13. The third kappa shape index (κ3) is 3.16. The minimum absolute atomic E-state index is 1.06. The number of ether oxygens (including phenoxy) is 3. The highest BCUT2D eigenvalue weighted by Crippen LogP contribution is 2.15. The van der Waals surface area contributed by atoms with Gasteiger partial charge in [-0.3, -0.25) is 0 Å². The number of hydrogen-bond donors (Lipinski definition) is 0. The molecule has 0 aliphatic heterocycles. The van der Waals surface area contributed by atoms with E-state index in [2.05, 4.69) is 0 Å². The first-order chi connectivity index (χ1) is 7.26. The van der Waals surface area contributed by atoms with E-state index in [-0.39, 0.29) is 0 Å². The van der Waals surface area contributed by atoms with E-state index < -0.39 is 5.97 Å². The first kappa shape index (κ1) is 11.9. The van der Waals surface area contributed by atoms with Gasteiger partial charge in [-0.25, -0.2) is 0 Å². The second kappa shape index (κ2) is 5.66. The van der Waals surface area contributed by atoms with Gasteiger partial charge in [-0.15, -0.1) is 0 Å². The molecule has 1 rings (SSSR count). The smallest absolute Gasteiger partial charge is 0.304 e. The first-order valence-electron chi connectivity index (χ1n) is 4.66. The van der Waals surface area contributed by atoms with E-state index in [0.29, 0.717) is 0 Å². The van der Waals surface area contributed by atoms with E-state index in [1.54, 1.807) is 6.08 Å². The van der Waals surface area contributed by atoms with E-state index in [0.717, 1.165) is 5.56 Å². The van der Waals surface area contributed by atoms with Crippen LogP contribution >= 0.6 is 0 Å². The molecule has 0 radical (unpaired) electrons. The summed E-state index contributed by atoms with van der Waals surface area (Å²) >= 11 is 0. The fourth-order valence-electron chi connectivity index (χ4n) is 1.22. The molecule has 0 amide bonds. The Labute approximate surface area is 90.3 Å². The standard InChI is InChI=1S/C12H16O3/c1-13-12(14-2,15-3)10-9-11-7-5-4-6-8-11/h4-10H,1-3H3. The largest absolute Gasteiger partial charge is 0.327 e. The Bertz CT molecular complexity index is 294. The van der Waals surface area contributed by atoms with Gasteiger partial charge in [0.1, 0.15) is 0 Å². The van der Waals surface area contributed by atoms with Crippen LogP contribution in [-0.4, -0.2) is 27.3 Å². The molecule has 1 aromatic carbocycles. The number of benzene rings is 1. The van der Waals surface area contributed by atoms with E-state index >= 15 is 0 Å². The van der Waals surface area contributed by atoms with Crippen molar-refractivity contribution in [2.45, 2.75) is 5.97 Å². The van der Waals surface area contributed by atoms with Gasteiger partial charge in [0.05, 0.1) is 0 Å². The lowest BCUT2D eigenvalue weighted by molar-refractivity contribution is -0.318. The Morgan fingerprint density at radius 2 is 1.47 bits per heavy atom. The molecule has 0 N–H and O–H groups in total. The molecule has 0 heterocycles. The average Bonchev–Trinajstić information content (AvgIpc) is 2.33. The summed E-state index contributed by atoms with van der Waals surface area (Å²) in [6.45, 7) is 0. The number of hydrogen-bond acceptors (Lipinski definition) is 3. The van der Waals surface area contributed by atoms with Crippen molar-refractivity contribution in [3.63, 3.8) is 0 Å². The molecule has 0 bridgehead atoms. The van der Waals surface area contributed by atoms with Crippen LogP contribution in [0.5, 0.6) is 0 Å². The summed E-state index contributed by atoms with van der Waals surface area (Å²) in [5.41, 5.74) is 1.06. The summed E-state index contributed by atoms with van der Waals surface area (Å²) in [6, 6.07) is 9.87. The van der Waals surface area contributed by atoms with Crippen molar-refractivity contribution in [1.29, 1.82) is 0 Å². The molecule has 0 fully saturated rings. The summed E-state index contributed by atoms with van der Waals surface area (Å²) in [5.74, 6) is -1.10. The van der Waals surface area contributed by atoms with Crippen molar-refractivity contribution in [2.75, 3.05) is 21.3 Å². The monoisotopic (exact) mass is 208 g/mol. The van der Waals surface area contributed by atoms with Gasteiger partial charge in [-0.2, -0.15) is 0 Å². The molecule has 0 saturated heterocycles. The van der Waals surface area contributed by atoms with Crippen LogP contribution in [0.3, 0.4) is 0 Å². The Hall–Kier alpha value is -1.16. The lowest BCUT2D eigenvalue weighted by Crippen LogP contribution is -2.33. The number of methoxy groups -OCH3 is 3. The molecule has 3 nitrogen and oxygen atoms in total. The van der Waals surface area contributed by atoms with Crippen molar-refractivity contribution in [3.8, 4) is 0 Å². The fourth-order valence-corrected chi connectivity index (χ4v) is 1.22. The van der Waals surface area contributed by atoms with Gasteiger partial charge in [0.25, 0.3) is 0 Å². The molecule has 0 aliphatic carbocycles. The molecule has 82 valence electrons. The molecular formula is C12H16O3. The predicted octanol–water partition coefficient (Wildman–Crippen LogP) is 2.29. The van der Waals surface area contributed by atoms with Gasteiger partial charge >= 0.3 is 5.97 Å². The second-order valence-electron chi connectivity index (χ2n) is 2.96. The van der Waals surface area contributed by atoms with Gasteiger partial charge in [-0.05, 0) is 5.56 Å². The molecule has 0 atom stereocenters. The minimum atomic E-state index is -1.10. The fraction of sp³-hybridized carbons (Fsp3) is 0.333. The van der Waals surface area contributed by atoms with E-state index in [1.807, 2.05) is 36.4 Å². The van der Waals surface area contributed by atoms with Crippen molar-refractivity contribution in [1.82, 2.24) is 0 Å². The van der Waals surface area contributed by atoms with E-state index in [9.17, 15) is 0 Å². The topological polar surface area (TPSA) is 27.7 Å². The molecule has 1 aromatic rings. The Balaban J connectivity index is 2.79. The molecular weight excluding hydrogens is 192 g/mol. The summed E-state index contributed by atoms with van der Waals surface area (Å²) in [4.78, 5) is 0. The van der Waals surface area contributed by atoms with E-state index in [1.165, 1.54) is 21.3 Å². The zero-order valence-corrected chi connectivity index (χ0v) is 9.27. The van der Waals surface area contributed by atoms with Crippen LogP contribution in [0, 0.1) is 0 Å². The third-order valence-corrected chi connectivity index (χ3v) is 2.13. The Kier molecular flexibility index (Phi) is 4.49. The van der Waals surface area contributed by atoms with Crippen molar-refractivity contribution < 1.29 is 14.2 Å². The van der Waals surface area contributed by atoms with Crippen LogP contribution in [0.15, 0.2) is 36.4 Å². The highest BCUT2D eigenvalue weighted by Gasteiger charge is 2.25. The summed E-state index contributed by atoms with van der Waals surface area (Å²) in [7, 11) is 4.59. The van der Waals surface area contributed by atoms with Crippen LogP contribution in [0.2, 0.25) is 0 Å². The zero-order valence-electron chi connectivity index (χ0n) is 9.27. The zero-order chi connectivity index (χ0) is 11.1. The van der Waals surface area contributed by atoms with Crippen LogP contribution < -0.4 is 0 Å². The summed E-state index contributed by atoms with van der Waals surface area (Å²) < 4.78 is 15.4. The maximum absolute atomic E-state index is 5.13. The highest BCUT2D eigenvalue weighted by molar-refractivity contribution is 5.49. The van der Waals surface area contributed by atoms with Gasteiger partial charge in [0.15, 0.2) is 0 Å². The number of rotatable bonds is 5. The first-order valence-corrected chi connectivity index (χ1v) is 4.66. The van der Waals surface area contributed by atoms with Gasteiger partial charge in [-0.1, -0.05) is 36.4 Å². The summed E-state index contributed by atoms with van der Waals surface area (Å²) in [6.07, 6.45) is 3.61. The SMILES string of the molecule is COC(C=Cc1ccccc1)(OC)OC. The van der Waals surface area contributed by atoms with Gasteiger partial charge in [0.2, 0.25) is 0 Å². The van der Waals surface area contributed by atoms with Crippen LogP contribution in [0.4, 0.5) is 0 Å². The maximum Gasteiger partial charge on any atom is 0.304 e. The van der Waals surface area contributed by atoms with Crippen molar-refractivity contribution >= 4 is 6.08 Å². The lowest BCUT2D eigenvalue weighted by atomic mass is 10.2. The molecule has 0 aliphatic rings. The normalized spacial score (nSPS) is 12.2. The van der Waals surface area contributed by atoms with Gasteiger partial charge in [0, 0.05) is 27.4 Å². The molecule has 0 unspecified atom stereocenters. The van der Waals surface area contributed by atoms with Crippen molar-refractivity contribution in [3.05, 3.63) is 42.0 Å². The molecule has 0 saturated carbocycles. The minimum Gasteiger partial charge on any atom is -0.327 e. The van der Waals surface area contributed by atoms with Crippen molar-refractivity contribution in [2.24, 2.45) is 0 Å². The molecule has 15 heavy (non-hydrogen) atoms. The molecule has 0 aromatic heterocycles. The van der Waals surface area contributed by atoms with Crippen LogP contribution in [0.1, 0.15) is 5.56 Å². The second-order valence-corrected chi connectivity index (χ2v) is 2.96. The maximum atomic E-state index is 5.13. The average molecular weight is 208 g/mol. The molecule has 0 spiro atoms. The predicted molar refractivity (Wildman–Crippen MR) is 59.2 cm³/mol. The van der Waals surface area contributed by atoms with Crippen LogP contribution in [0.25, 0.3) is 6.08 Å². The van der Waals surface area contributed by atoms with E-state index in [4.69, 9.17) is 14.2 Å². The molecule has 3 heteroatoms.